The molecule has 0 aliphatic heterocycles. The zero-order chi connectivity index (χ0) is 13.3. The Labute approximate surface area is 122 Å². The molecular formula is C13H11Br2NO2. The van der Waals surface area contributed by atoms with Crippen LogP contribution < -0.4 is 4.74 Å². The lowest BCUT2D eigenvalue weighted by Gasteiger charge is -2.15. The summed E-state index contributed by atoms with van der Waals surface area (Å²) in [4.78, 5) is 15.6. The average molecular weight is 373 g/mol. The number of fused-ring (bicyclic) bond motifs is 1. The Hall–Kier alpha value is -0.940. The second-order valence-corrected chi connectivity index (χ2v) is 5.65. The van der Waals surface area contributed by atoms with Crippen molar-refractivity contribution >= 4 is 48.5 Å². The van der Waals surface area contributed by atoms with Crippen LogP contribution in [-0.4, -0.2) is 16.9 Å². The fourth-order valence-electron chi connectivity index (χ4n) is 1.52. The molecule has 0 saturated carbocycles. The first-order chi connectivity index (χ1) is 8.50. The second-order valence-electron chi connectivity index (χ2n) is 3.94. The third kappa shape index (κ3) is 2.57. The van der Waals surface area contributed by atoms with Crippen LogP contribution in [0.15, 0.2) is 33.3 Å². The van der Waals surface area contributed by atoms with E-state index in [4.69, 9.17) is 4.74 Å². The molecule has 0 N–H and O–H groups in total. The van der Waals surface area contributed by atoms with E-state index in [1.54, 1.807) is 13.1 Å². The minimum atomic E-state index is -0.493. The Morgan fingerprint density at radius 2 is 2.11 bits per heavy atom. The highest BCUT2D eigenvalue weighted by atomic mass is 79.9. The van der Waals surface area contributed by atoms with Crippen LogP contribution in [0.3, 0.4) is 0 Å². The van der Waals surface area contributed by atoms with Gasteiger partial charge >= 0.3 is 0 Å². The number of aromatic nitrogens is 1. The third-order valence-electron chi connectivity index (χ3n) is 2.62. The van der Waals surface area contributed by atoms with E-state index in [1.807, 2.05) is 18.2 Å². The molecule has 1 aromatic heterocycles. The summed E-state index contributed by atoms with van der Waals surface area (Å²) < 4.78 is 7.40. The van der Waals surface area contributed by atoms with Gasteiger partial charge < -0.3 is 4.74 Å². The van der Waals surface area contributed by atoms with Crippen LogP contribution in [-0.2, 0) is 4.79 Å². The fraction of sp³-hybridized carbons (Fsp3) is 0.231. The van der Waals surface area contributed by atoms with E-state index in [0.717, 1.165) is 19.8 Å². The second kappa shape index (κ2) is 5.36. The number of nitrogens with zero attached hydrogens (tertiary/aromatic N) is 1. The van der Waals surface area contributed by atoms with Gasteiger partial charge in [0.05, 0.1) is 4.47 Å². The molecule has 2 rings (SSSR count). The number of benzene rings is 1. The van der Waals surface area contributed by atoms with Crippen molar-refractivity contribution in [2.24, 2.45) is 0 Å². The standard InChI is InChI=1S/C13H11Br2NO2/c1-7(17)8(2)18-13-11(15)6-10(14)9-4-3-5-16-12(9)13/h3-6,8H,1-2H3/t8-/m1/s1. The molecule has 5 heteroatoms. The van der Waals surface area contributed by atoms with Crippen molar-refractivity contribution in [2.75, 3.05) is 0 Å². The van der Waals surface area contributed by atoms with Crippen LogP contribution in [0.4, 0.5) is 0 Å². The summed E-state index contributed by atoms with van der Waals surface area (Å²) in [5.74, 6) is 0.574. The number of carbonyl (C=O) groups excluding carboxylic acids is 1. The summed E-state index contributed by atoms with van der Waals surface area (Å²) in [6, 6.07) is 5.70. The van der Waals surface area contributed by atoms with Crippen molar-refractivity contribution in [3.8, 4) is 5.75 Å². The number of halogens is 2. The number of pyridine rings is 1. The molecule has 94 valence electrons. The van der Waals surface area contributed by atoms with Gasteiger partial charge in [0.25, 0.3) is 0 Å². The Kier molecular flexibility index (Phi) is 4.02. The Morgan fingerprint density at radius 1 is 1.39 bits per heavy atom. The smallest absolute Gasteiger partial charge is 0.169 e. The van der Waals surface area contributed by atoms with Gasteiger partial charge in [-0.25, -0.2) is 0 Å². The van der Waals surface area contributed by atoms with Crippen LogP contribution >= 0.6 is 31.9 Å². The van der Waals surface area contributed by atoms with Crippen molar-refractivity contribution in [2.45, 2.75) is 20.0 Å². The van der Waals surface area contributed by atoms with Crippen LogP contribution in [0.25, 0.3) is 10.9 Å². The van der Waals surface area contributed by atoms with Crippen LogP contribution in [0.5, 0.6) is 5.75 Å². The normalized spacial score (nSPS) is 12.4. The topological polar surface area (TPSA) is 39.2 Å². The summed E-state index contributed by atoms with van der Waals surface area (Å²) in [5, 5.41) is 0.950. The highest BCUT2D eigenvalue weighted by Crippen LogP contribution is 2.37. The van der Waals surface area contributed by atoms with E-state index in [-0.39, 0.29) is 5.78 Å². The SMILES string of the molecule is CC(=O)[C@@H](C)Oc1c(Br)cc(Br)c2cccnc12. The Bertz CT molecular complexity index is 613. The minimum Gasteiger partial charge on any atom is -0.479 e. The highest BCUT2D eigenvalue weighted by Gasteiger charge is 2.16. The van der Waals surface area contributed by atoms with Gasteiger partial charge in [-0.1, -0.05) is 22.0 Å². The number of Topliss-reactive ketones (excluding diaryl/α,β-unsaturated/α-hetero) is 1. The molecule has 0 unspecified atom stereocenters. The molecule has 0 amide bonds. The number of rotatable bonds is 3. The quantitative estimate of drug-likeness (QED) is 0.813. The Morgan fingerprint density at radius 3 is 2.78 bits per heavy atom. The van der Waals surface area contributed by atoms with Crippen molar-refractivity contribution in [1.82, 2.24) is 4.98 Å². The van der Waals surface area contributed by atoms with Gasteiger partial charge in [-0.15, -0.1) is 0 Å². The van der Waals surface area contributed by atoms with Crippen molar-refractivity contribution < 1.29 is 9.53 Å². The molecule has 3 nitrogen and oxygen atoms in total. The van der Waals surface area contributed by atoms with Crippen LogP contribution in [0.2, 0.25) is 0 Å². The van der Waals surface area contributed by atoms with Crippen LogP contribution in [0, 0.1) is 0 Å². The van der Waals surface area contributed by atoms with E-state index in [9.17, 15) is 4.79 Å². The molecule has 0 fully saturated rings. The first kappa shape index (κ1) is 13.5. The molecule has 0 aliphatic carbocycles. The van der Waals surface area contributed by atoms with Gasteiger partial charge in [0.15, 0.2) is 17.6 Å². The predicted octanol–water partition coefficient (Wildman–Crippen LogP) is 4.12. The lowest BCUT2D eigenvalue weighted by Crippen LogP contribution is -2.21. The zero-order valence-corrected chi connectivity index (χ0v) is 13.1. The third-order valence-corrected chi connectivity index (χ3v) is 3.86. The van der Waals surface area contributed by atoms with Gasteiger partial charge in [0.1, 0.15) is 5.52 Å². The van der Waals surface area contributed by atoms with Gasteiger partial charge in [0.2, 0.25) is 0 Å². The van der Waals surface area contributed by atoms with E-state index < -0.39 is 6.10 Å². The largest absolute Gasteiger partial charge is 0.479 e. The number of hydrogen-bond acceptors (Lipinski definition) is 3. The summed E-state index contributed by atoms with van der Waals surface area (Å²) in [6.45, 7) is 3.23. The summed E-state index contributed by atoms with van der Waals surface area (Å²) in [5.41, 5.74) is 0.729. The van der Waals surface area contributed by atoms with Crippen molar-refractivity contribution in [3.63, 3.8) is 0 Å². The Balaban J connectivity index is 2.59. The first-order valence-corrected chi connectivity index (χ1v) is 6.99. The van der Waals surface area contributed by atoms with E-state index in [1.165, 1.54) is 6.92 Å². The zero-order valence-electron chi connectivity index (χ0n) is 9.91. The predicted molar refractivity (Wildman–Crippen MR) is 77.9 cm³/mol. The molecule has 0 saturated heterocycles. The number of ketones is 1. The molecule has 1 heterocycles. The van der Waals surface area contributed by atoms with Crippen molar-refractivity contribution in [3.05, 3.63) is 33.3 Å². The summed E-state index contributed by atoms with van der Waals surface area (Å²) in [7, 11) is 0. The van der Waals surface area contributed by atoms with Gasteiger partial charge in [-0.3, -0.25) is 9.78 Å². The lowest BCUT2D eigenvalue weighted by atomic mass is 10.2. The van der Waals surface area contributed by atoms with Gasteiger partial charge in [-0.05, 0) is 41.9 Å². The maximum Gasteiger partial charge on any atom is 0.169 e. The molecule has 18 heavy (non-hydrogen) atoms. The lowest BCUT2D eigenvalue weighted by molar-refractivity contribution is -0.122. The molecule has 2 aromatic rings. The fourth-order valence-corrected chi connectivity index (χ4v) is 2.88. The van der Waals surface area contributed by atoms with E-state index in [0.29, 0.717) is 5.75 Å². The summed E-state index contributed by atoms with van der Waals surface area (Å²) in [6.07, 6.45) is 1.21. The highest BCUT2D eigenvalue weighted by molar-refractivity contribution is 9.11. The molecule has 0 bridgehead atoms. The van der Waals surface area contributed by atoms with Gasteiger partial charge in [0, 0.05) is 16.1 Å². The molecule has 1 atom stereocenters. The number of carbonyl (C=O) groups is 1. The molecule has 0 radical (unpaired) electrons. The molecule has 0 aliphatic rings. The van der Waals surface area contributed by atoms with Crippen LogP contribution in [0.1, 0.15) is 13.8 Å². The molecular weight excluding hydrogens is 362 g/mol. The summed E-state index contributed by atoms with van der Waals surface area (Å²) >= 11 is 6.92. The number of hydrogen-bond donors (Lipinski definition) is 0. The molecule has 0 spiro atoms. The maximum atomic E-state index is 11.3. The molecule has 1 aromatic carbocycles. The minimum absolute atomic E-state index is 0.0195. The first-order valence-electron chi connectivity index (χ1n) is 5.40. The van der Waals surface area contributed by atoms with Crippen molar-refractivity contribution in [1.29, 1.82) is 0 Å². The van der Waals surface area contributed by atoms with E-state index >= 15 is 0 Å². The monoisotopic (exact) mass is 371 g/mol. The number of ether oxygens (including phenoxy) is 1. The van der Waals surface area contributed by atoms with Gasteiger partial charge in [-0.2, -0.15) is 0 Å². The van der Waals surface area contributed by atoms with E-state index in [2.05, 4.69) is 36.8 Å². The maximum absolute atomic E-state index is 11.3. The average Bonchev–Trinajstić information content (AvgIpc) is 2.34.